The number of benzene rings is 1. The van der Waals surface area contributed by atoms with Gasteiger partial charge in [0.15, 0.2) is 0 Å². The van der Waals surface area contributed by atoms with Gasteiger partial charge < -0.3 is 5.32 Å². The summed E-state index contributed by atoms with van der Waals surface area (Å²) < 4.78 is 0. The first-order chi connectivity index (χ1) is 9.31. The van der Waals surface area contributed by atoms with Gasteiger partial charge in [0.25, 0.3) is 0 Å². The summed E-state index contributed by atoms with van der Waals surface area (Å²) in [7, 11) is 2.01. The van der Waals surface area contributed by atoms with E-state index in [2.05, 4.69) is 41.4 Å². The van der Waals surface area contributed by atoms with Crippen LogP contribution in [0.2, 0.25) is 0 Å². The van der Waals surface area contributed by atoms with Crippen molar-refractivity contribution < 1.29 is 0 Å². The van der Waals surface area contributed by atoms with Crippen LogP contribution in [0.5, 0.6) is 0 Å². The summed E-state index contributed by atoms with van der Waals surface area (Å²) in [5, 5.41) is 3.20. The minimum atomic E-state index is 0.987. The van der Waals surface area contributed by atoms with E-state index >= 15 is 0 Å². The largest absolute Gasteiger partial charge is 0.319 e. The molecule has 0 amide bonds. The van der Waals surface area contributed by atoms with Crippen LogP contribution in [-0.2, 0) is 13.0 Å². The summed E-state index contributed by atoms with van der Waals surface area (Å²) in [6.07, 6.45) is 5.27. The molecule has 0 bridgehead atoms. The fourth-order valence-corrected chi connectivity index (χ4v) is 2.56. The van der Waals surface area contributed by atoms with E-state index in [1.54, 1.807) is 0 Å². The van der Waals surface area contributed by atoms with E-state index in [-0.39, 0.29) is 0 Å². The molecule has 1 saturated carbocycles. The Morgan fingerprint density at radius 2 is 1.84 bits per heavy atom. The molecule has 106 valence electrons. The molecule has 0 aliphatic heterocycles. The Hall–Kier alpha value is -0.860. The van der Waals surface area contributed by atoms with E-state index in [0.29, 0.717) is 0 Å². The maximum atomic E-state index is 3.20. The molecular formula is C17H28N2. The Morgan fingerprint density at radius 1 is 1.16 bits per heavy atom. The van der Waals surface area contributed by atoms with Crippen molar-refractivity contribution in [1.29, 1.82) is 0 Å². The summed E-state index contributed by atoms with van der Waals surface area (Å²) in [4.78, 5) is 2.63. The van der Waals surface area contributed by atoms with Crippen molar-refractivity contribution >= 4 is 0 Å². The Balaban J connectivity index is 1.84. The Morgan fingerprint density at radius 3 is 2.42 bits per heavy atom. The maximum Gasteiger partial charge on any atom is 0.0233 e. The average molecular weight is 260 g/mol. The van der Waals surface area contributed by atoms with Gasteiger partial charge in [-0.1, -0.05) is 31.2 Å². The highest BCUT2D eigenvalue weighted by atomic mass is 15.1. The van der Waals surface area contributed by atoms with Crippen LogP contribution in [-0.4, -0.2) is 31.6 Å². The third kappa shape index (κ3) is 5.33. The summed E-state index contributed by atoms with van der Waals surface area (Å²) >= 11 is 0. The van der Waals surface area contributed by atoms with E-state index in [4.69, 9.17) is 0 Å². The molecule has 19 heavy (non-hydrogen) atoms. The fraction of sp³-hybridized carbons (Fsp3) is 0.647. The quantitative estimate of drug-likeness (QED) is 0.734. The van der Waals surface area contributed by atoms with E-state index in [1.165, 1.54) is 43.5 Å². The molecule has 0 saturated heterocycles. The van der Waals surface area contributed by atoms with E-state index in [1.807, 2.05) is 7.05 Å². The second kappa shape index (κ2) is 7.66. The third-order valence-electron chi connectivity index (χ3n) is 3.85. The van der Waals surface area contributed by atoms with Gasteiger partial charge in [0.05, 0.1) is 0 Å². The van der Waals surface area contributed by atoms with Gasteiger partial charge >= 0.3 is 0 Å². The molecule has 1 aliphatic carbocycles. The standard InChI is InChI=1S/C17H28N2/c1-3-12-19(14-17-8-9-17)13-16-6-4-15(5-7-16)10-11-18-2/h4-7,17-18H,3,8-14H2,1-2H3. The lowest BCUT2D eigenvalue weighted by Crippen LogP contribution is -2.26. The first-order valence-electron chi connectivity index (χ1n) is 7.76. The normalized spacial score (nSPS) is 15.1. The lowest BCUT2D eigenvalue weighted by molar-refractivity contribution is 0.255. The molecule has 1 aromatic carbocycles. The molecule has 1 N–H and O–H groups in total. The molecule has 0 heterocycles. The van der Waals surface area contributed by atoms with Crippen LogP contribution in [0.25, 0.3) is 0 Å². The lowest BCUT2D eigenvalue weighted by Gasteiger charge is -2.21. The van der Waals surface area contributed by atoms with Gasteiger partial charge in [-0.3, -0.25) is 4.90 Å². The van der Waals surface area contributed by atoms with Crippen LogP contribution in [0, 0.1) is 5.92 Å². The average Bonchev–Trinajstić information content (AvgIpc) is 3.22. The monoisotopic (exact) mass is 260 g/mol. The van der Waals surface area contributed by atoms with Gasteiger partial charge in [0, 0.05) is 13.1 Å². The second-order valence-electron chi connectivity index (χ2n) is 5.85. The SMILES string of the molecule is CCCN(Cc1ccc(CCNC)cc1)CC1CC1. The third-order valence-corrected chi connectivity index (χ3v) is 3.85. The number of likely N-dealkylation sites (N-methyl/N-ethyl adjacent to an activating group) is 1. The van der Waals surface area contributed by atoms with Gasteiger partial charge in [-0.15, -0.1) is 0 Å². The highest BCUT2D eigenvalue weighted by Crippen LogP contribution is 2.30. The number of hydrogen-bond acceptors (Lipinski definition) is 2. The van der Waals surface area contributed by atoms with Crippen LogP contribution in [0.15, 0.2) is 24.3 Å². The van der Waals surface area contributed by atoms with Crippen molar-refractivity contribution in [2.24, 2.45) is 5.92 Å². The van der Waals surface area contributed by atoms with Crippen LogP contribution in [0.4, 0.5) is 0 Å². The number of nitrogens with zero attached hydrogens (tertiary/aromatic N) is 1. The van der Waals surface area contributed by atoms with E-state index in [0.717, 1.165) is 25.4 Å². The van der Waals surface area contributed by atoms with Crippen LogP contribution in [0.3, 0.4) is 0 Å². The molecule has 0 aromatic heterocycles. The van der Waals surface area contributed by atoms with Crippen molar-refractivity contribution in [2.45, 2.75) is 39.2 Å². The van der Waals surface area contributed by atoms with Gasteiger partial charge in [0.1, 0.15) is 0 Å². The molecule has 0 radical (unpaired) electrons. The van der Waals surface area contributed by atoms with Crippen molar-refractivity contribution in [1.82, 2.24) is 10.2 Å². The van der Waals surface area contributed by atoms with Crippen LogP contribution >= 0.6 is 0 Å². The van der Waals surface area contributed by atoms with Gasteiger partial charge in [-0.2, -0.15) is 0 Å². The zero-order chi connectivity index (χ0) is 13.5. The second-order valence-corrected chi connectivity index (χ2v) is 5.85. The van der Waals surface area contributed by atoms with E-state index in [9.17, 15) is 0 Å². The number of nitrogens with one attached hydrogen (secondary N) is 1. The molecule has 2 rings (SSSR count). The van der Waals surface area contributed by atoms with Crippen molar-refractivity contribution in [3.63, 3.8) is 0 Å². The molecule has 2 heteroatoms. The van der Waals surface area contributed by atoms with Gasteiger partial charge in [-0.05, 0) is 62.9 Å². The molecule has 0 spiro atoms. The topological polar surface area (TPSA) is 15.3 Å². The van der Waals surface area contributed by atoms with Crippen LogP contribution < -0.4 is 5.32 Å². The maximum absolute atomic E-state index is 3.20. The summed E-state index contributed by atoms with van der Waals surface area (Å²) in [5.74, 6) is 0.987. The first kappa shape index (κ1) is 14.5. The molecule has 1 aromatic rings. The highest BCUT2D eigenvalue weighted by Gasteiger charge is 2.23. The zero-order valence-electron chi connectivity index (χ0n) is 12.5. The first-order valence-corrected chi connectivity index (χ1v) is 7.76. The lowest BCUT2D eigenvalue weighted by atomic mass is 10.1. The Bertz CT molecular complexity index is 354. The highest BCUT2D eigenvalue weighted by molar-refractivity contribution is 5.22. The molecule has 1 fully saturated rings. The summed E-state index contributed by atoms with van der Waals surface area (Å²) in [5.41, 5.74) is 2.89. The van der Waals surface area contributed by atoms with Crippen molar-refractivity contribution in [3.8, 4) is 0 Å². The predicted octanol–water partition coefficient (Wildman–Crippen LogP) is 3.07. The summed E-state index contributed by atoms with van der Waals surface area (Å²) in [6.45, 7) is 6.99. The van der Waals surface area contributed by atoms with Crippen LogP contribution in [0.1, 0.15) is 37.3 Å². The molecular weight excluding hydrogens is 232 g/mol. The molecule has 1 aliphatic rings. The number of rotatable bonds is 9. The Labute approximate surface area is 118 Å². The minimum Gasteiger partial charge on any atom is -0.319 e. The smallest absolute Gasteiger partial charge is 0.0233 e. The van der Waals surface area contributed by atoms with Crippen molar-refractivity contribution in [3.05, 3.63) is 35.4 Å². The van der Waals surface area contributed by atoms with Gasteiger partial charge in [0.2, 0.25) is 0 Å². The van der Waals surface area contributed by atoms with E-state index < -0.39 is 0 Å². The summed E-state index contributed by atoms with van der Waals surface area (Å²) in [6, 6.07) is 9.18. The fourth-order valence-electron chi connectivity index (χ4n) is 2.56. The molecule has 0 atom stereocenters. The van der Waals surface area contributed by atoms with Gasteiger partial charge in [-0.25, -0.2) is 0 Å². The predicted molar refractivity (Wildman–Crippen MR) is 82.4 cm³/mol. The zero-order valence-corrected chi connectivity index (χ0v) is 12.5. The van der Waals surface area contributed by atoms with Crippen molar-refractivity contribution in [2.75, 3.05) is 26.7 Å². The Kier molecular flexibility index (Phi) is 5.87. The minimum absolute atomic E-state index is 0.987. The molecule has 2 nitrogen and oxygen atoms in total. The number of hydrogen-bond donors (Lipinski definition) is 1. The molecule has 0 unspecified atom stereocenters.